The molecule has 1 amide bonds. The van der Waals surface area contributed by atoms with Crippen molar-refractivity contribution in [1.29, 1.82) is 0 Å². The molecule has 0 radical (unpaired) electrons. The first kappa shape index (κ1) is 14.2. The molecule has 0 aliphatic carbocycles. The SMILES string of the molecule is Nc1ccc2[nH]nc(C(=O)NCCOCC(F)F)c2c1. The predicted octanol–water partition coefficient (Wildman–Crippen LogP) is 1.16. The Hall–Kier alpha value is -2.22. The third-order valence-electron chi connectivity index (χ3n) is 2.58. The van der Waals surface area contributed by atoms with E-state index in [4.69, 9.17) is 5.73 Å². The number of rotatable bonds is 6. The van der Waals surface area contributed by atoms with Crippen LogP contribution in [-0.4, -0.2) is 42.3 Å². The average molecular weight is 284 g/mol. The minimum absolute atomic E-state index is 0.0145. The van der Waals surface area contributed by atoms with E-state index in [-0.39, 0.29) is 18.8 Å². The molecule has 1 heterocycles. The van der Waals surface area contributed by atoms with Crippen molar-refractivity contribution in [3.05, 3.63) is 23.9 Å². The molecule has 1 aromatic heterocycles. The Kier molecular flexibility index (Phi) is 4.46. The van der Waals surface area contributed by atoms with Gasteiger partial charge in [-0.25, -0.2) is 8.78 Å². The van der Waals surface area contributed by atoms with Crippen LogP contribution in [0.15, 0.2) is 18.2 Å². The Morgan fingerprint density at radius 2 is 2.30 bits per heavy atom. The molecule has 1 aromatic carbocycles. The molecule has 0 aliphatic heterocycles. The number of benzene rings is 1. The van der Waals surface area contributed by atoms with Gasteiger partial charge in [-0.15, -0.1) is 0 Å². The number of alkyl halides is 2. The number of carbonyl (C=O) groups excluding carboxylic acids is 1. The summed E-state index contributed by atoms with van der Waals surface area (Å²) in [6.07, 6.45) is -2.51. The Balaban J connectivity index is 1.93. The highest BCUT2D eigenvalue weighted by molar-refractivity contribution is 6.05. The van der Waals surface area contributed by atoms with E-state index in [2.05, 4.69) is 20.3 Å². The van der Waals surface area contributed by atoms with Crippen LogP contribution in [0, 0.1) is 0 Å². The molecule has 0 bridgehead atoms. The molecular formula is C12H14F2N4O2. The fraction of sp³-hybridized carbons (Fsp3) is 0.333. The number of nitrogen functional groups attached to an aromatic ring is 1. The monoisotopic (exact) mass is 284 g/mol. The van der Waals surface area contributed by atoms with Gasteiger partial charge < -0.3 is 15.8 Å². The first-order valence-corrected chi connectivity index (χ1v) is 5.95. The number of hydrogen-bond acceptors (Lipinski definition) is 4. The van der Waals surface area contributed by atoms with Crippen molar-refractivity contribution in [3.63, 3.8) is 0 Å². The van der Waals surface area contributed by atoms with Crippen LogP contribution >= 0.6 is 0 Å². The molecule has 0 spiro atoms. The van der Waals surface area contributed by atoms with E-state index in [1.54, 1.807) is 18.2 Å². The van der Waals surface area contributed by atoms with Gasteiger partial charge in [-0.2, -0.15) is 5.10 Å². The molecule has 6 nitrogen and oxygen atoms in total. The number of amides is 1. The third kappa shape index (κ3) is 3.41. The lowest BCUT2D eigenvalue weighted by Crippen LogP contribution is -2.28. The second-order valence-electron chi connectivity index (χ2n) is 4.10. The van der Waals surface area contributed by atoms with E-state index >= 15 is 0 Å². The Morgan fingerprint density at radius 3 is 3.05 bits per heavy atom. The van der Waals surface area contributed by atoms with Crippen LogP contribution in [0.3, 0.4) is 0 Å². The van der Waals surface area contributed by atoms with Crippen LogP contribution in [0.4, 0.5) is 14.5 Å². The quantitative estimate of drug-likeness (QED) is 0.548. The van der Waals surface area contributed by atoms with Crippen molar-refractivity contribution >= 4 is 22.5 Å². The van der Waals surface area contributed by atoms with Gasteiger partial charge in [0.2, 0.25) is 0 Å². The standard InChI is InChI=1S/C12H14F2N4O2/c13-10(14)6-20-4-3-16-12(19)11-8-5-7(15)1-2-9(8)17-18-11/h1-2,5,10H,3-4,6,15H2,(H,16,19)(H,17,18). The van der Waals surface area contributed by atoms with Crippen molar-refractivity contribution in [1.82, 2.24) is 15.5 Å². The summed E-state index contributed by atoms with van der Waals surface area (Å²) in [6, 6.07) is 5.06. The number of fused-ring (bicyclic) bond motifs is 1. The molecule has 2 rings (SSSR count). The first-order chi connectivity index (χ1) is 9.58. The zero-order valence-corrected chi connectivity index (χ0v) is 10.5. The molecule has 4 N–H and O–H groups in total. The van der Waals surface area contributed by atoms with Crippen LogP contribution in [0.25, 0.3) is 10.9 Å². The minimum atomic E-state index is -2.51. The molecule has 0 atom stereocenters. The van der Waals surface area contributed by atoms with Gasteiger partial charge in [-0.3, -0.25) is 9.89 Å². The van der Waals surface area contributed by atoms with E-state index in [0.717, 1.165) is 0 Å². The lowest BCUT2D eigenvalue weighted by atomic mass is 10.2. The van der Waals surface area contributed by atoms with E-state index < -0.39 is 18.9 Å². The molecule has 0 saturated heterocycles. The van der Waals surface area contributed by atoms with Gasteiger partial charge in [-0.1, -0.05) is 0 Å². The van der Waals surface area contributed by atoms with Crippen molar-refractivity contribution in [2.45, 2.75) is 6.43 Å². The summed E-state index contributed by atoms with van der Waals surface area (Å²) in [5, 5.41) is 9.77. The third-order valence-corrected chi connectivity index (χ3v) is 2.58. The fourth-order valence-electron chi connectivity index (χ4n) is 1.70. The summed E-state index contributed by atoms with van der Waals surface area (Å²) in [6.45, 7) is -0.499. The lowest BCUT2D eigenvalue weighted by molar-refractivity contribution is 0.0188. The first-order valence-electron chi connectivity index (χ1n) is 5.95. The van der Waals surface area contributed by atoms with Gasteiger partial charge in [0, 0.05) is 17.6 Å². The second-order valence-corrected chi connectivity index (χ2v) is 4.10. The molecule has 0 unspecified atom stereocenters. The Morgan fingerprint density at radius 1 is 1.50 bits per heavy atom. The van der Waals surface area contributed by atoms with Crippen molar-refractivity contribution in [3.8, 4) is 0 Å². The van der Waals surface area contributed by atoms with Crippen LogP contribution in [0.1, 0.15) is 10.5 Å². The number of aromatic amines is 1. The Bertz CT molecular complexity index is 600. The summed E-state index contributed by atoms with van der Waals surface area (Å²) in [5.41, 5.74) is 7.08. The zero-order chi connectivity index (χ0) is 14.5. The molecule has 0 saturated carbocycles. The predicted molar refractivity (Wildman–Crippen MR) is 69.7 cm³/mol. The number of aromatic nitrogens is 2. The number of nitrogens with zero attached hydrogens (tertiary/aromatic N) is 1. The molecule has 20 heavy (non-hydrogen) atoms. The highest BCUT2D eigenvalue weighted by atomic mass is 19.3. The van der Waals surface area contributed by atoms with E-state index in [9.17, 15) is 13.6 Å². The van der Waals surface area contributed by atoms with Gasteiger partial charge in [0.05, 0.1) is 12.1 Å². The highest BCUT2D eigenvalue weighted by Crippen LogP contribution is 2.18. The van der Waals surface area contributed by atoms with Gasteiger partial charge in [0.1, 0.15) is 6.61 Å². The number of nitrogens with two attached hydrogens (primary N) is 1. The van der Waals surface area contributed by atoms with Crippen molar-refractivity contribution in [2.24, 2.45) is 0 Å². The van der Waals surface area contributed by atoms with Crippen LogP contribution in [0.2, 0.25) is 0 Å². The molecule has 2 aromatic rings. The normalized spacial score (nSPS) is 11.2. The summed E-state index contributed by atoms with van der Waals surface area (Å²) in [7, 11) is 0. The highest BCUT2D eigenvalue weighted by Gasteiger charge is 2.13. The molecule has 108 valence electrons. The number of nitrogens with one attached hydrogen (secondary N) is 2. The van der Waals surface area contributed by atoms with Crippen LogP contribution < -0.4 is 11.1 Å². The Labute approximate surface area is 113 Å². The van der Waals surface area contributed by atoms with E-state index in [1.165, 1.54) is 0 Å². The maximum absolute atomic E-state index is 11.9. The van der Waals surface area contributed by atoms with Crippen LogP contribution in [0.5, 0.6) is 0 Å². The summed E-state index contributed by atoms with van der Waals surface area (Å²) in [4.78, 5) is 11.9. The largest absolute Gasteiger partial charge is 0.399 e. The zero-order valence-electron chi connectivity index (χ0n) is 10.5. The van der Waals surface area contributed by atoms with Gasteiger partial charge >= 0.3 is 0 Å². The number of anilines is 1. The molecular weight excluding hydrogens is 270 g/mol. The number of carbonyl (C=O) groups is 1. The average Bonchev–Trinajstić information content (AvgIpc) is 2.80. The maximum Gasteiger partial charge on any atom is 0.272 e. The molecule has 0 fully saturated rings. The summed E-state index contributed by atoms with van der Waals surface area (Å²) in [5.74, 6) is -0.414. The lowest BCUT2D eigenvalue weighted by Gasteiger charge is -2.05. The summed E-state index contributed by atoms with van der Waals surface area (Å²) < 4.78 is 28.3. The van der Waals surface area contributed by atoms with E-state index in [0.29, 0.717) is 16.6 Å². The molecule has 0 aliphatic rings. The number of hydrogen-bond donors (Lipinski definition) is 3. The second kappa shape index (κ2) is 6.29. The number of halogens is 2. The topological polar surface area (TPSA) is 93.0 Å². The van der Waals surface area contributed by atoms with E-state index in [1.807, 2.05) is 0 Å². The number of ether oxygens (including phenoxy) is 1. The van der Waals surface area contributed by atoms with Gasteiger partial charge in [0.15, 0.2) is 5.69 Å². The smallest absolute Gasteiger partial charge is 0.272 e. The van der Waals surface area contributed by atoms with Gasteiger partial charge in [0.25, 0.3) is 12.3 Å². The van der Waals surface area contributed by atoms with Crippen LogP contribution in [-0.2, 0) is 4.74 Å². The summed E-state index contributed by atoms with van der Waals surface area (Å²) >= 11 is 0. The van der Waals surface area contributed by atoms with Crippen molar-refractivity contribution in [2.75, 3.05) is 25.5 Å². The molecule has 8 heteroatoms. The maximum atomic E-state index is 11.9. The van der Waals surface area contributed by atoms with Gasteiger partial charge in [-0.05, 0) is 18.2 Å². The minimum Gasteiger partial charge on any atom is -0.399 e. The fourth-order valence-corrected chi connectivity index (χ4v) is 1.70. The number of H-pyrrole nitrogens is 1. The van der Waals surface area contributed by atoms with Crippen molar-refractivity contribution < 1.29 is 18.3 Å².